The van der Waals surface area contributed by atoms with E-state index in [9.17, 15) is 9.59 Å². The number of carbonyl (C=O) groups excluding carboxylic acids is 2. The number of aromatic nitrogens is 3. The van der Waals surface area contributed by atoms with Crippen molar-refractivity contribution in [3.63, 3.8) is 0 Å². The van der Waals surface area contributed by atoms with Crippen molar-refractivity contribution in [2.45, 2.75) is 30.1 Å². The summed E-state index contributed by atoms with van der Waals surface area (Å²) in [5.74, 6) is -1.01. The zero-order valence-electron chi connectivity index (χ0n) is 10.2. The molecule has 4 N–H and O–H groups in total. The van der Waals surface area contributed by atoms with E-state index in [0.29, 0.717) is 11.2 Å². The number of primary amides is 1. The molecule has 1 saturated carbocycles. The van der Waals surface area contributed by atoms with E-state index in [1.165, 1.54) is 11.8 Å². The first-order valence-corrected chi connectivity index (χ1v) is 6.83. The lowest BCUT2D eigenvalue weighted by atomic mass is 10.3. The lowest BCUT2D eigenvalue weighted by molar-refractivity contribution is -0.126. The molecule has 2 amide bonds. The molecule has 0 spiro atoms. The van der Waals surface area contributed by atoms with Gasteiger partial charge in [0.2, 0.25) is 11.8 Å². The Morgan fingerprint density at radius 2 is 2.37 bits per heavy atom. The van der Waals surface area contributed by atoms with Crippen molar-refractivity contribution in [3.05, 3.63) is 6.33 Å². The fourth-order valence-corrected chi connectivity index (χ4v) is 2.24. The highest BCUT2D eigenvalue weighted by molar-refractivity contribution is 7.99. The van der Waals surface area contributed by atoms with Crippen molar-refractivity contribution in [2.24, 2.45) is 5.73 Å². The molecule has 1 unspecified atom stereocenters. The molecule has 0 aromatic carbocycles. The Labute approximate surface area is 113 Å². The Kier molecular flexibility index (Phi) is 4.38. The minimum Gasteiger partial charge on any atom is -0.381 e. The molecular weight excluding hydrogens is 270 g/mol. The van der Waals surface area contributed by atoms with Crippen LogP contribution in [0, 0.1) is 0 Å². The summed E-state index contributed by atoms with van der Waals surface area (Å²) in [6, 6.07) is 0.456. The third kappa shape index (κ3) is 3.93. The smallest absolute Gasteiger partial charge is 0.248 e. The monoisotopic (exact) mass is 285 g/mol. The molecule has 8 nitrogen and oxygen atoms in total. The summed E-state index contributed by atoms with van der Waals surface area (Å²) in [6.07, 6.45) is 2.53. The van der Waals surface area contributed by atoms with Gasteiger partial charge in [-0.1, -0.05) is 11.8 Å². The maximum absolute atomic E-state index is 11.5. The number of nitrogens with one attached hydrogen (secondary N) is 1. The second kappa shape index (κ2) is 6.02. The van der Waals surface area contributed by atoms with Gasteiger partial charge in [-0.2, -0.15) is 0 Å². The zero-order chi connectivity index (χ0) is 13.8. The van der Waals surface area contributed by atoms with E-state index in [-0.39, 0.29) is 18.2 Å². The first-order chi connectivity index (χ1) is 9.08. The first-order valence-electron chi connectivity index (χ1n) is 5.84. The Balaban J connectivity index is 1.74. The molecule has 0 radical (unpaired) electrons. The Bertz CT molecular complexity index is 473. The maximum atomic E-state index is 11.5. The topological polar surface area (TPSA) is 123 Å². The van der Waals surface area contributed by atoms with Crippen LogP contribution < -0.4 is 11.1 Å². The second-order valence-corrected chi connectivity index (χ2v) is 5.21. The summed E-state index contributed by atoms with van der Waals surface area (Å²) in [6.45, 7) is -0.177. The van der Waals surface area contributed by atoms with Gasteiger partial charge in [0.05, 0.1) is 12.3 Å². The standard InChI is InChI=1S/C10H15N5O3S/c11-9(18)7(16)3-12-8(17)4-19-10-14-13-5-15(10)6-1-2-6/h5-7,16H,1-4H2,(H2,11,18)(H,12,17). The van der Waals surface area contributed by atoms with Gasteiger partial charge in [0, 0.05) is 6.04 Å². The van der Waals surface area contributed by atoms with Crippen LogP contribution in [0.1, 0.15) is 18.9 Å². The van der Waals surface area contributed by atoms with E-state index >= 15 is 0 Å². The normalized spacial score (nSPS) is 16.1. The van der Waals surface area contributed by atoms with Gasteiger partial charge in [0.15, 0.2) is 5.16 Å². The SMILES string of the molecule is NC(=O)C(O)CNC(=O)CSc1nncn1C1CC1. The van der Waals surface area contributed by atoms with Gasteiger partial charge >= 0.3 is 0 Å². The van der Waals surface area contributed by atoms with Gasteiger partial charge in [0.1, 0.15) is 12.4 Å². The lowest BCUT2D eigenvalue weighted by Gasteiger charge is -2.08. The summed E-state index contributed by atoms with van der Waals surface area (Å²) in [5.41, 5.74) is 4.87. The lowest BCUT2D eigenvalue weighted by Crippen LogP contribution is -2.40. The minimum atomic E-state index is -1.36. The van der Waals surface area contributed by atoms with Crippen molar-refractivity contribution < 1.29 is 14.7 Å². The van der Waals surface area contributed by atoms with Crippen molar-refractivity contribution >= 4 is 23.6 Å². The van der Waals surface area contributed by atoms with Crippen LogP contribution in [0.3, 0.4) is 0 Å². The van der Waals surface area contributed by atoms with E-state index < -0.39 is 12.0 Å². The number of amides is 2. The van der Waals surface area contributed by atoms with Crippen LogP contribution in [0.2, 0.25) is 0 Å². The average Bonchev–Trinajstić information content (AvgIpc) is 3.12. The molecule has 1 heterocycles. The van der Waals surface area contributed by atoms with E-state index in [0.717, 1.165) is 12.8 Å². The van der Waals surface area contributed by atoms with Gasteiger partial charge in [-0.3, -0.25) is 9.59 Å². The number of thioether (sulfide) groups is 1. The summed E-state index contributed by atoms with van der Waals surface area (Å²) in [7, 11) is 0. The van der Waals surface area contributed by atoms with Crippen molar-refractivity contribution in [2.75, 3.05) is 12.3 Å². The summed E-state index contributed by atoms with van der Waals surface area (Å²) >= 11 is 1.27. The van der Waals surface area contributed by atoms with Crippen LogP contribution in [0.4, 0.5) is 0 Å². The highest BCUT2D eigenvalue weighted by Gasteiger charge is 2.26. The largest absolute Gasteiger partial charge is 0.381 e. The molecule has 0 bridgehead atoms. The first kappa shape index (κ1) is 13.8. The Hall–Kier alpha value is -1.61. The molecule has 1 aromatic heterocycles. The Morgan fingerprint density at radius 3 is 3.00 bits per heavy atom. The van der Waals surface area contributed by atoms with Crippen molar-refractivity contribution in [1.82, 2.24) is 20.1 Å². The number of hydrogen-bond donors (Lipinski definition) is 3. The number of nitrogens with zero attached hydrogens (tertiary/aromatic N) is 3. The average molecular weight is 285 g/mol. The number of carbonyl (C=O) groups is 2. The van der Waals surface area contributed by atoms with Gasteiger partial charge in [0.25, 0.3) is 0 Å². The number of nitrogens with two attached hydrogens (primary N) is 1. The van der Waals surface area contributed by atoms with E-state index in [4.69, 9.17) is 10.8 Å². The highest BCUT2D eigenvalue weighted by Crippen LogP contribution is 2.37. The molecule has 1 fully saturated rings. The predicted octanol–water partition coefficient (Wildman–Crippen LogP) is -1.33. The predicted molar refractivity (Wildman–Crippen MR) is 67.2 cm³/mol. The van der Waals surface area contributed by atoms with Crippen LogP contribution in [-0.2, 0) is 9.59 Å². The number of aliphatic hydroxyl groups excluding tert-OH is 1. The van der Waals surface area contributed by atoms with E-state index in [2.05, 4.69) is 15.5 Å². The highest BCUT2D eigenvalue weighted by atomic mass is 32.2. The maximum Gasteiger partial charge on any atom is 0.248 e. The van der Waals surface area contributed by atoms with Crippen LogP contribution >= 0.6 is 11.8 Å². The van der Waals surface area contributed by atoms with Gasteiger partial charge < -0.3 is 20.7 Å². The van der Waals surface area contributed by atoms with E-state index in [1.807, 2.05) is 4.57 Å². The molecular formula is C10H15N5O3S. The molecule has 104 valence electrons. The van der Waals surface area contributed by atoms with Crippen molar-refractivity contribution in [3.8, 4) is 0 Å². The van der Waals surface area contributed by atoms with Gasteiger partial charge in [-0.15, -0.1) is 10.2 Å². The molecule has 1 aliphatic rings. The quantitative estimate of drug-likeness (QED) is 0.533. The third-order valence-corrected chi connectivity index (χ3v) is 3.59. The van der Waals surface area contributed by atoms with Crippen LogP contribution in [-0.4, -0.2) is 50.1 Å². The molecule has 19 heavy (non-hydrogen) atoms. The molecule has 1 aliphatic carbocycles. The minimum absolute atomic E-state index is 0.150. The Morgan fingerprint density at radius 1 is 1.63 bits per heavy atom. The molecule has 1 atom stereocenters. The van der Waals surface area contributed by atoms with Gasteiger partial charge in [-0.25, -0.2) is 0 Å². The number of aliphatic hydroxyl groups is 1. The number of hydrogen-bond acceptors (Lipinski definition) is 6. The van der Waals surface area contributed by atoms with Crippen molar-refractivity contribution in [1.29, 1.82) is 0 Å². The summed E-state index contributed by atoms with van der Waals surface area (Å²) in [5, 5.41) is 20.0. The zero-order valence-corrected chi connectivity index (χ0v) is 11.0. The summed E-state index contributed by atoms with van der Waals surface area (Å²) < 4.78 is 1.95. The molecule has 0 saturated heterocycles. The fourth-order valence-electron chi connectivity index (χ4n) is 1.43. The third-order valence-electron chi connectivity index (χ3n) is 2.63. The summed E-state index contributed by atoms with van der Waals surface area (Å²) in [4.78, 5) is 22.1. The molecule has 0 aliphatic heterocycles. The van der Waals surface area contributed by atoms with Crippen LogP contribution in [0.5, 0.6) is 0 Å². The number of rotatable bonds is 7. The molecule has 2 rings (SSSR count). The molecule has 1 aromatic rings. The van der Waals surface area contributed by atoms with E-state index in [1.54, 1.807) is 6.33 Å². The second-order valence-electron chi connectivity index (χ2n) is 4.26. The van der Waals surface area contributed by atoms with Gasteiger partial charge in [-0.05, 0) is 12.8 Å². The molecule has 9 heteroatoms. The fraction of sp³-hybridized carbons (Fsp3) is 0.600. The van der Waals surface area contributed by atoms with Crippen LogP contribution in [0.25, 0.3) is 0 Å². The van der Waals surface area contributed by atoms with Crippen LogP contribution in [0.15, 0.2) is 11.5 Å².